The van der Waals surface area contributed by atoms with Crippen molar-refractivity contribution in [3.63, 3.8) is 0 Å². The van der Waals surface area contributed by atoms with Crippen LogP contribution in [0.1, 0.15) is 37.7 Å². The van der Waals surface area contributed by atoms with Crippen molar-refractivity contribution in [3.05, 3.63) is 29.8 Å². The Morgan fingerprint density at radius 3 is 2.43 bits per heavy atom. The highest BCUT2D eigenvalue weighted by molar-refractivity contribution is 6.05. The van der Waals surface area contributed by atoms with E-state index in [4.69, 9.17) is 16.6 Å². The van der Waals surface area contributed by atoms with E-state index in [9.17, 15) is 4.79 Å². The van der Waals surface area contributed by atoms with Gasteiger partial charge in [-0.2, -0.15) is 4.99 Å². The Bertz CT molecular complexity index is 660. The van der Waals surface area contributed by atoms with Crippen LogP contribution >= 0.6 is 0 Å². The molecule has 1 aliphatic carbocycles. The summed E-state index contributed by atoms with van der Waals surface area (Å²) in [7, 11) is 0. The van der Waals surface area contributed by atoms with E-state index in [-0.39, 0.29) is 12.4 Å². The lowest BCUT2D eigenvalue weighted by atomic mass is 9.87. The summed E-state index contributed by atoms with van der Waals surface area (Å²) in [5.74, 6) is -0.286. The van der Waals surface area contributed by atoms with Gasteiger partial charge >= 0.3 is 5.97 Å². The van der Waals surface area contributed by atoms with Gasteiger partial charge in [0.1, 0.15) is 5.66 Å². The van der Waals surface area contributed by atoms with Gasteiger partial charge in [0.15, 0.2) is 0 Å². The fraction of sp³-hybridized carbons (Fsp3) is 0.438. The average Bonchev–Trinajstić information content (AvgIpc) is 2.48. The topological polar surface area (TPSA) is 117 Å². The second kappa shape index (κ2) is 5.91. The number of hydrogen-bond donors (Lipinski definition) is 3. The van der Waals surface area contributed by atoms with E-state index in [1.165, 1.54) is 6.42 Å². The molecule has 1 spiro atoms. The predicted octanol–water partition coefficient (Wildman–Crippen LogP) is 1.42. The molecule has 0 unspecified atom stereocenters. The predicted molar refractivity (Wildman–Crippen MR) is 89.3 cm³/mol. The number of nitrogens with two attached hydrogens (primary N) is 2. The van der Waals surface area contributed by atoms with Crippen LogP contribution in [-0.2, 0) is 11.2 Å². The molecular formula is C16H21N5O2. The number of guanidine groups is 2. The van der Waals surface area contributed by atoms with Gasteiger partial charge in [-0.1, -0.05) is 18.6 Å². The molecule has 7 nitrogen and oxygen atoms in total. The first-order chi connectivity index (χ1) is 11.0. The first-order valence-corrected chi connectivity index (χ1v) is 7.81. The summed E-state index contributed by atoms with van der Waals surface area (Å²) in [5.41, 5.74) is 13.1. The van der Waals surface area contributed by atoms with Crippen molar-refractivity contribution < 1.29 is 9.90 Å². The van der Waals surface area contributed by atoms with Crippen molar-refractivity contribution in [2.24, 2.45) is 21.5 Å². The molecule has 0 radical (unpaired) electrons. The lowest BCUT2D eigenvalue weighted by molar-refractivity contribution is -0.136. The molecule has 1 aliphatic heterocycles. The minimum Gasteiger partial charge on any atom is -0.481 e. The van der Waals surface area contributed by atoms with Gasteiger partial charge in [-0.15, -0.1) is 0 Å². The molecule has 0 saturated heterocycles. The molecule has 122 valence electrons. The third kappa shape index (κ3) is 2.99. The van der Waals surface area contributed by atoms with Gasteiger partial charge in [-0.25, -0.2) is 4.99 Å². The molecule has 1 aromatic carbocycles. The van der Waals surface area contributed by atoms with Crippen molar-refractivity contribution in [1.82, 2.24) is 0 Å². The van der Waals surface area contributed by atoms with Crippen LogP contribution in [0.2, 0.25) is 0 Å². The number of benzene rings is 1. The normalized spacial score (nSPS) is 20.1. The van der Waals surface area contributed by atoms with Crippen LogP contribution in [0.25, 0.3) is 0 Å². The zero-order valence-corrected chi connectivity index (χ0v) is 12.9. The van der Waals surface area contributed by atoms with Gasteiger partial charge in [-0.3, -0.25) is 9.69 Å². The van der Waals surface area contributed by atoms with E-state index >= 15 is 0 Å². The summed E-state index contributed by atoms with van der Waals surface area (Å²) < 4.78 is 0. The summed E-state index contributed by atoms with van der Waals surface area (Å²) in [5, 5.41) is 8.87. The first-order valence-electron chi connectivity index (χ1n) is 7.81. The smallest absolute Gasteiger partial charge is 0.307 e. The lowest BCUT2D eigenvalue weighted by Crippen LogP contribution is -2.58. The molecule has 7 heteroatoms. The van der Waals surface area contributed by atoms with E-state index in [1.54, 1.807) is 12.1 Å². The monoisotopic (exact) mass is 315 g/mol. The fourth-order valence-corrected chi connectivity index (χ4v) is 3.43. The quantitative estimate of drug-likeness (QED) is 0.780. The summed E-state index contributed by atoms with van der Waals surface area (Å²) in [6.45, 7) is 0. The van der Waals surface area contributed by atoms with Crippen LogP contribution in [0.15, 0.2) is 34.3 Å². The van der Waals surface area contributed by atoms with Crippen LogP contribution in [0.3, 0.4) is 0 Å². The molecule has 0 amide bonds. The second-order valence-electron chi connectivity index (χ2n) is 6.06. The molecule has 0 aromatic heterocycles. The minimum atomic E-state index is -0.849. The molecule has 23 heavy (non-hydrogen) atoms. The zero-order chi connectivity index (χ0) is 16.4. The Morgan fingerprint density at radius 1 is 1.17 bits per heavy atom. The number of aliphatic imine (C=N–C) groups is 2. The van der Waals surface area contributed by atoms with E-state index < -0.39 is 11.6 Å². The van der Waals surface area contributed by atoms with Crippen molar-refractivity contribution in [2.45, 2.75) is 44.2 Å². The minimum absolute atomic E-state index is 0.0000945. The fourth-order valence-electron chi connectivity index (χ4n) is 3.43. The maximum atomic E-state index is 10.8. The van der Waals surface area contributed by atoms with E-state index in [1.807, 2.05) is 17.0 Å². The molecule has 1 heterocycles. The maximum Gasteiger partial charge on any atom is 0.307 e. The molecule has 0 bridgehead atoms. The highest BCUT2D eigenvalue weighted by atomic mass is 16.4. The molecular weight excluding hydrogens is 294 g/mol. The Balaban J connectivity index is 1.95. The standard InChI is InChI=1S/C16H21N5O2/c17-14-19-15(18)21(16(20-14)8-2-1-3-9-16)12-6-4-11(5-7-12)10-13(22)23/h4-7H,1-3,8-10H2,(H,22,23)(H4,17,18,19,20). The van der Waals surface area contributed by atoms with Gasteiger partial charge in [0.2, 0.25) is 11.9 Å². The third-order valence-corrected chi connectivity index (χ3v) is 4.40. The van der Waals surface area contributed by atoms with Crippen molar-refractivity contribution in [2.75, 3.05) is 4.90 Å². The SMILES string of the molecule is NC1=NC2(CCCCC2)N(c2ccc(CC(=O)O)cc2)C(N)=N1. The van der Waals surface area contributed by atoms with Crippen LogP contribution in [0.5, 0.6) is 0 Å². The molecule has 5 N–H and O–H groups in total. The van der Waals surface area contributed by atoms with Crippen LogP contribution in [0.4, 0.5) is 5.69 Å². The van der Waals surface area contributed by atoms with E-state index in [0.717, 1.165) is 36.9 Å². The van der Waals surface area contributed by atoms with Crippen LogP contribution in [-0.4, -0.2) is 28.7 Å². The Kier molecular flexibility index (Phi) is 3.94. The largest absolute Gasteiger partial charge is 0.481 e. The summed E-state index contributed by atoms with van der Waals surface area (Å²) in [4.78, 5) is 21.5. The van der Waals surface area contributed by atoms with Crippen molar-refractivity contribution in [1.29, 1.82) is 0 Å². The van der Waals surface area contributed by atoms with Crippen LogP contribution < -0.4 is 16.4 Å². The first kappa shape index (κ1) is 15.3. The molecule has 0 atom stereocenters. The van der Waals surface area contributed by atoms with Crippen LogP contribution in [0, 0.1) is 0 Å². The van der Waals surface area contributed by atoms with Crippen molar-refractivity contribution >= 4 is 23.6 Å². The number of hydrogen-bond acceptors (Lipinski definition) is 6. The number of aliphatic carboxylic acids is 1. The highest BCUT2D eigenvalue weighted by Crippen LogP contribution is 2.39. The van der Waals surface area contributed by atoms with E-state index in [0.29, 0.717) is 5.96 Å². The second-order valence-corrected chi connectivity index (χ2v) is 6.06. The Hall–Kier alpha value is -2.57. The summed E-state index contributed by atoms with van der Waals surface area (Å²) >= 11 is 0. The number of carbonyl (C=O) groups is 1. The number of anilines is 1. The molecule has 3 rings (SSSR count). The van der Waals surface area contributed by atoms with Crippen molar-refractivity contribution in [3.8, 4) is 0 Å². The van der Waals surface area contributed by atoms with E-state index in [2.05, 4.69) is 9.98 Å². The zero-order valence-electron chi connectivity index (χ0n) is 12.9. The number of nitrogens with zero attached hydrogens (tertiary/aromatic N) is 3. The molecule has 1 aromatic rings. The Labute approximate surface area is 134 Å². The summed E-state index contributed by atoms with van der Waals surface area (Å²) in [6, 6.07) is 7.34. The lowest BCUT2D eigenvalue weighted by Gasteiger charge is -2.45. The number of carboxylic acid groups (broad SMARTS) is 1. The average molecular weight is 315 g/mol. The Morgan fingerprint density at radius 2 is 1.83 bits per heavy atom. The van der Waals surface area contributed by atoms with Gasteiger partial charge in [0, 0.05) is 5.69 Å². The molecule has 1 fully saturated rings. The maximum absolute atomic E-state index is 10.8. The number of carboxylic acids is 1. The van der Waals surface area contributed by atoms with Gasteiger partial charge in [0.25, 0.3) is 0 Å². The molecule has 2 aliphatic rings. The third-order valence-electron chi connectivity index (χ3n) is 4.40. The number of rotatable bonds is 3. The van der Waals surface area contributed by atoms with Gasteiger partial charge < -0.3 is 16.6 Å². The van der Waals surface area contributed by atoms with Gasteiger partial charge in [-0.05, 0) is 43.4 Å². The molecule has 1 saturated carbocycles. The summed E-state index contributed by atoms with van der Waals surface area (Å²) in [6.07, 6.45) is 5.07. The highest BCUT2D eigenvalue weighted by Gasteiger charge is 2.42. The van der Waals surface area contributed by atoms with Gasteiger partial charge in [0.05, 0.1) is 6.42 Å².